The van der Waals surface area contributed by atoms with Gasteiger partial charge in [-0.05, 0) is 59.3 Å². The van der Waals surface area contributed by atoms with Gasteiger partial charge in [-0.25, -0.2) is 4.99 Å². The predicted molar refractivity (Wildman–Crippen MR) is 208 cm³/mol. The van der Waals surface area contributed by atoms with Crippen molar-refractivity contribution in [3.8, 4) is 0 Å². The third-order valence-electron chi connectivity index (χ3n) is 10.4. The zero-order valence-electron chi connectivity index (χ0n) is 26.5. The van der Waals surface area contributed by atoms with Crippen LogP contribution in [-0.4, -0.2) is 10.3 Å². The number of furan rings is 2. The lowest BCUT2D eigenvalue weighted by Gasteiger charge is -2.26. The number of nitrogens with zero attached hydrogens (tertiary/aromatic N) is 2. The summed E-state index contributed by atoms with van der Waals surface area (Å²) in [5.74, 6) is 0.750. The first kappa shape index (κ1) is 26.6. The Morgan fingerprint density at radius 1 is 0.580 bits per heavy atom. The van der Waals surface area contributed by atoms with Gasteiger partial charge in [0.2, 0.25) is 6.29 Å². The van der Waals surface area contributed by atoms with E-state index in [2.05, 4.69) is 131 Å². The number of hydrogen-bond donors (Lipinski definition) is 1. The molecule has 7 aromatic carbocycles. The van der Waals surface area contributed by atoms with Crippen LogP contribution in [0.25, 0.3) is 85.7 Å². The molecule has 234 valence electrons. The van der Waals surface area contributed by atoms with Crippen LogP contribution in [0.4, 0.5) is 5.69 Å². The molecule has 0 aliphatic carbocycles. The van der Waals surface area contributed by atoms with Crippen molar-refractivity contribution in [1.82, 2.24) is 4.57 Å². The second kappa shape index (κ2) is 9.62. The highest BCUT2D eigenvalue weighted by molar-refractivity contribution is 7.26. The van der Waals surface area contributed by atoms with Crippen LogP contribution >= 0.6 is 11.3 Å². The molecule has 4 aromatic heterocycles. The molecular weight excluding hydrogens is 635 g/mol. The Bertz CT molecular complexity index is 3260. The van der Waals surface area contributed by atoms with Crippen molar-refractivity contribution < 1.29 is 8.83 Å². The van der Waals surface area contributed by atoms with Crippen molar-refractivity contribution >= 4 is 108 Å². The van der Waals surface area contributed by atoms with Crippen LogP contribution in [0.5, 0.6) is 0 Å². The Morgan fingerprint density at radius 3 is 2.12 bits per heavy atom. The Kier molecular flexibility index (Phi) is 5.11. The van der Waals surface area contributed by atoms with E-state index in [1.807, 2.05) is 18.2 Å². The molecule has 0 saturated carbocycles. The van der Waals surface area contributed by atoms with Crippen LogP contribution in [0, 0.1) is 0 Å². The molecule has 1 N–H and O–H groups in total. The largest absolute Gasteiger partial charge is 0.455 e. The maximum absolute atomic E-state index is 6.74. The minimum atomic E-state index is -0.441. The van der Waals surface area contributed by atoms with E-state index in [0.29, 0.717) is 0 Å². The number of fused-ring (bicyclic) bond motifs is 14. The molecule has 1 aliphatic rings. The van der Waals surface area contributed by atoms with Crippen molar-refractivity contribution in [3.63, 3.8) is 0 Å². The summed E-state index contributed by atoms with van der Waals surface area (Å²) in [4.78, 5) is 5.65. The van der Waals surface area contributed by atoms with Crippen molar-refractivity contribution in [1.29, 1.82) is 0 Å². The zero-order chi connectivity index (χ0) is 32.5. The Balaban J connectivity index is 1.22. The van der Waals surface area contributed by atoms with Gasteiger partial charge in [0.1, 0.15) is 22.5 Å². The summed E-state index contributed by atoms with van der Waals surface area (Å²) in [6, 6.07) is 49.3. The molecule has 1 atom stereocenters. The van der Waals surface area contributed by atoms with Gasteiger partial charge in [-0.2, -0.15) is 0 Å². The van der Waals surface area contributed by atoms with Gasteiger partial charge in [-0.15, -0.1) is 11.3 Å². The number of benzene rings is 7. The standard InChI is InChI=1S/C44H25N3O2S/c1-2-12-25-22-34-30(21-24(25)11-1)26-13-3-7-17-33(26)47(34)44-45-39-28-15-5-9-19-36(28)49-42(39)40(46-44)32-23-31-27-14-4-8-18-35(27)48-41(31)38-29-16-6-10-20-37(29)50-43(32)38/h1-23,44-45H. The van der Waals surface area contributed by atoms with Gasteiger partial charge in [0.15, 0.2) is 5.76 Å². The lowest BCUT2D eigenvalue weighted by Crippen LogP contribution is -2.24. The van der Waals surface area contributed by atoms with Crippen LogP contribution in [-0.2, 0) is 0 Å². The van der Waals surface area contributed by atoms with Gasteiger partial charge in [-0.3, -0.25) is 0 Å². The second-order valence-electron chi connectivity index (χ2n) is 13.1. The predicted octanol–water partition coefficient (Wildman–Crippen LogP) is 12.4. The van der Waals surface area contributed by atoms with Gasteiger partial charge in [0, 0.05) is 52.7 Å². The molecule has 0 amide bonds. The molecule has 6 heteroatoms. The van der Waals surface area contributed by atoms with E-state index in [9.17, 15) is 0 Å². The van der Waals surface area contributed by atoms with E-state index in [4.69, 9.17) is 13.8 Å². The lowest BCUT2D eigenvalue weighted by molar-refractivity contribution is 0.578. The molecular formula is C44H25N3O2S. The lowest BCUT2D eigenvalue weighted by atomic mass is 9.98. The van der Waals surface area contributed by atoms with E-state index in [0.717, 1.165) is 76.8 Å². The third-order valence-corrected chi connectivity index (χ3v) is 11.6. The monoisotopic (exact) mass is 659 g/mol. The first-order chi connectivity index (χ1) is 24.8. The Labute approximate surface area is 288 Å². The quantitative estimate of drug-likeness (QED) is 0.201. The van der Waals surface area contributed by atoms with E-state index >= 15 is 0 Å². The van der Waals surface area contributed by atoms with Gasteiger partial charge in [0.25, 0.3) is 0 Å². The van der Waals surface area contributed by atoms with Crippen molar-refractivity contribution in [3.05, 3.63) is 151 Å². The average Bonchev–Trinajstić information content (AvgIpc) is 3.92. The van der Waals surface area contributed by atoms with Crippen LogP contribution < -0.4 is 5.32 Å². The maximum Gasteiger partial charge on any atom is 0.201 e. The minimum Gasteiger partial charge on any atom is -0.455 e. The van der Waals surface area contributed by atoms with Crippen molar-refractivity contribution in [2.24, 2.45) is 4.99 Å². The van der Waals surface area contributed by atoms with Gasteiger partial charge in [-0.1, -0.05) is 91.0 Å². The van der Waals surface area contributed by atoms with Gasteiger partial charge < -0.3 is 18.7 Å². The number of hydrogen-bond acceptors (Lipinski definition) is 5. The fourth-order valence-electron chi connectivity index (χ4n) is 8.20. The summed E-state index contributed by atoms with van der Waals surface area (Å²) >= 11 is 1.78. The number of aromatic nitrogens is 1. The molecule has 1 unspecified atom stereocenters. The third kappa shape index (κ3) is 3.47. The number of rotatable bonds is 2. The molecule has 0 bridgehead atoms. The highest BCUT2D eigenvalue weighted by atomic mass is 32.1. The number of thiophene rings is 1. The highest BCUT2D eigenvalue weighted by Crippen LogP contribution is 2.47. The smallest absolute Gasteiger partial charge is 0.201 e. The normalized spacial score (nSPS) is 14.9. The molecule has 50 heavy (non-hydrogen) atoms. The molecule has 5 heterocycles. The highest BCUT2D eigenvalue weighted by Gasteiger charge is 2.32. The number of anilines is 1. The Hall–Kier alpha value is -6.37. The maximum atomic E-state index is 6.74. The summed E-state index contributed by atoms with van der Waals surface area (Å²) in [6.45, 7) is 0. The Morgan fingerprint density at radius 2 is 1.26 bits per heavy atom. The molecule has 1 aliphatic heterocycles. The zero-order valence-corrected chi connectivity index (χ0v) is 27.3. The van der Waals surface area contributed by atoms with Crippen LogP contribution in [0.3, 0.4) is 0 Å². The number of para-hydroxylation sites is 3. The van der Waals surface area contributed by atoms with E-state index in [1.54, 1.807) is 11.3 Å². The van der Waals surface area contributed by atoms with Crippen molar-refractivity contribution in [2.75, 3.05) is 5.32 Å². The fraction of sp³-hybridized carbons (Fsp3) is 0.0227. The SMILES string of the molecule is c1ccc2cc3c(cc2c1)c1ccccc1n3C1N=C(c2cc3c4ccccc4oc3c3c2sc2ccccc23)c2oc3ccccc3c2N1. The van der Waals surface area contributed by atoms with E-state index in [1.165, 1.54) is 31.6 Å². The molecule has 5 nitrogen and oxygen atoms in total. The van der Waals surface area contributed by atoms with Crippen molar-refractivity contribution in [2.45, 2.75) is 6.29 Å². The second-order valence-corrected chi connectivity index (χ2v) is 14.2. The number of nitrogens with one attached hydrogen (secondary N) is 1. The van der Waals surface area contributed by atoms with Crippen LogP contribution in [0.1, 0.15) is 17.6 Å². The number of aliphatic imine (C=N–C) groups is 1. The van der Waals surface area contributed by atoms with Crippen LogP contribution in [0.15, 0.2) is 153 Å². The molecule has 0 radical (unpaired) electrons. The summed E-state index contributed by atoms with van der Waals surface area (Å²) in [5, 5.41) is 14.2. The van der Waals surface area contributed by atoms with E-state index in [-0.39, 0.29) is 0 Å². The topological polar surface area (TPSA) is 55.6 Å². The first-order valence-corrected chi connectivity index (χ1v) is 17.6. The fourth-order valence-corrected chi connectivity index (χ4v) is 9.42. The molecule has 12 rings (SSSR count). The van der Waals surface area contributed by atoms with Gasteiger partial charge in [0.05, 0.1) is 16.7 Å². The molecule has 0 spiro atoms. The van der Waals surface area contributed by atoms with E-state index < -0.39 is 6.29 Å². The summed E-state index contributed by atoms with van der Waals surface area (Å²) in [7, 11) is 0. The first-order valence-electron chi connectivity index (χ1n) is 16.8. The summed E-state index contributed by atoms with van der Waals surface area (Å²) in [6.07, 6.45) is -0.441. The minimum absolute atomic E-state index is 0.441. The summed E-state index contributed by atoms with van der Waals surface area (Å²) < 4.78 is 18.1. The molecule has 0 saturated heterocycles. The summed E-state index contributed by atoms with van der Waals surface area (Å²) in [5.41, 5.74) is 7.69. The van der Waals surface area contributed by atoms with Gasteiger partial charge >= 0.3 is 0 Å². The molecule has 0 fully saturated rings. The molecule has 11 aromatic rings. The van der Waals surface area contributed by atoms with Crippen LogP contribution in [0.2, 0.25) is 0 Å². The average molecular weight is 660 g/mol.